The molecule has 0 fully saturated rings. The van der Waals surface area contributed by atoms with E-state index in [9.17, 15) is 13.2 Å². The Balaban J connectivity index is 1.75. The Morgan fingerprint density at radius 1 is 1.08 bits per heavy atom. The van der Waals surface area contributed by atoms with E-state index >= 15 is 0 Å². The van der Waals surface area contributed by atoms with E-state index < -0.39 is 16.0 Å². The minimum atomic E-state index is -3.59. The molecule has 0 saturated heterocycles. The van der Waals surface area contributed by atoms with E-state index in [1.54, 1.807) is 6.92 Å². The molecule has 0 bridgehead atoms. The van der Waals surface area contributed by atoms with Gasteiger partial charge >= 0.3 is 5.97 Å². The highest BCUT2D eigenvalue weighted by Gasteiger charge is 2.26. The van der Waals surface area contributed by atoms with Crippen LogP contribution in [0.1, 0.15) is 29.3 Å². The van der Waals surface area contributed by atoms with Gasteiger partial charge in [0.1, 0.15) is 0 Å². The zero-order valence-corrected chi connectivity index (χ0v) is 15.4. The Bertz CT molecular complexity index is 903. The lowest BCUT2D eigenvalue weighted by molar-refractivity contribution is 0.0526. The summed E-state index contributed by atoms with van der Waals surface area (Å²) in [6.45, 7) is 2.78. The molecule has 2 aromatic rings. The summed E-state index contributed by atoms with van der Waals surface area (Å²) in [6.07, 6.45) is 2.63. The van der Waals surface area contributed by atoms with E-state index in [4.69, 9.17) is 4.74 Å². The number of hydrogen-bond acceptors (Lipinski definition) is 4. The first kappa shape index (κ1) is 18.4. The first-order valence-electron chi connectivity index (χ1n) is 8.54. The molecule has 0 radical (unpaired) electrons. The molecule has 3 rings (SSSR count). The molecule has 6 heteroatoms. The number of ether oxygens (including phenoxy) is 1. The zero-order valence-electron chi connectivity index (χ0n) is 14.6. The molecule has 0 aliphatic carbocycles. The number of carbonyl (C=O) groups is 1. The van der Waals surface area contributed by atoms with Crippen molar-refractivity contribution in [3.8, 4) is 0 Å². The van der Waals surface area contributed by atoms with E-state index in [1.165, 1.54) is 28.6 Å². The molecule has 0 amide bonds. The standard InChI is InChI=1S/C20H21NO4S/c1-2-25-20(22)18-8-10-19(11-9-18)26(23,24)21-14-12-17(13-15-21)16-6-4-3-5-7-16/h3-12H,2,13-15H2,1H3. The average molecular weight is 371 g/mol. The number of benzene rings is 2. The molecule has 1 aliphatic heterocycles. The van der Waals surface area contributed by atoms with Crippen molar-refractivity contribution in [2.75, 3.05) is 19.7 Å². The van der Waals surface area contributed by atoms with Gasteiger partial charge in [-0.25, -0.2) is 13.2 Å². The molecule has 0 aromatic heterocycles. The molecule has 5 nitrogen and oxygen atoms in total. The quantitative estimate of drug-likeness (QED) is 0.756. The van der Waals surface area contributed by atoms with Crippen LogP contribution in [0.2, 0.25) is 0 Å². The van der Waals surface area contributed by atoms with Gasteiger partial charge in [-0.1, -0.05) is 36.4 Å². The number of hydrogen-bond donors (Lipinski definition) is 0. The second-order valence-corrected chi connectivity index (χ2v) is 7.89. The molecule has 136 valence electrons. The number of carbonyl (C=O) groups excluding carboxylic acids is 1. The molecule has 0 spiro atoms. The predicted molar refractivity (Wildman–Crippen MR) is 100 cm³/mol. The van der Waals surface area contributed by atoms with Crippen LogP contribution in [0.15, 0.2) is 65.6 Å². The fraction of sp³-hybridized carbons (Fsp3) is 0.250. The maximum absolute atomic E-state index is 12.8. The lowest BCUT2D eigenvalue weighted by Gasteiger charge is -2.26. The fourth-order valence-electron chi connectivity index (χ4n) is 2.91. The Kier molecular flexibility index (Phi) is 5.54. The highest BCUT2D eigenvalue weighted by atomic mass is 32.2. The van der Waals surface area contributed by atoms with Crippen LogP contribution in [0.4, 0.5) is 0 Å². The Hall–Kier alpha value is -2.44. The summed E-state index contributed by atoms with van der Waals surface area (Å²) in [7, 11) is -3.59. The summed E-state index contributed by atoms with van der Waals surface area (Å²) in [5.74, 6) is -0.454. The Morgan fingerprint density at radius 2 is 1.77 bits per heavy atom. The van der Waals surface area contributed by atoms with E-state index in [0.29, 0.717) is 25.1 Å². The van der Waals surface area contributed by atoms with E-state index in [1.807, 2.05) is 36.4 Å². The fourth-order valence-corrected chi connectivity index (χ4v) is 4.29. The van der Waals surface area contributed by atoms with Gasteiger partial charge in [0, 0.05) is 13.1 Å². The second-order valence-electron chi connectivity index (χ2n) is 5.95. The van der Waals surface area contributed by atoms with Crippen LogP contribution in [0, 0.1) is 0 Å². The van der Waals surface area contributed by atoms with Gasteiger partial charge in [0.15, 0.2) is 0 Å². The van der Waals surface area contributed by atoms with Crippen molar-refractivity contribution in [1.82, 2.24) is 4.31 Å². The SMILES string of the molecule is CCOC(=O)c1ccc(S(=O)(=O)N2CC=C(c3ccccc3)CC2)cc1. The summed E-state index contributed by atoms with van der Waals surface area (Å²) in [5.41, 5.74) is 2.63. The van der Waals surface area contributed by atoms with Gasteiger partial charge in [0.2, 0.25) is 10.0 Å². The van der Waals surface area contributed by atoms with Crippen molar-refractivity contribution in [2.45, 2.75) is 18.2 Å². The van der Waals surface area contributed by atoms with E-state index in [-0.39, 0.29) is 11.5 Å². The topological polar surface area (TPSA) is 63.7 Å². The van der Waals surface area contributed by atoms with Gasteiger partial charge in [-0.15, -0.1) is 0 Å². The predicted octanol–water partition coefficient (Wildman–Crippen LogP) is 3.34. The summed E-state index contributed by atoms with van der Waals surface area (Å²) in [5, 5.41) is 0. The lowest BCUT2D eigenvalue weighted by Crippen LogP contribution is -2.34. The number of nitrogens with zero attached hydrogens (tertiary/aromatic N) is 1. The van der Waals surface area contributed by atoms with Gasteiger partial charge in [-0.05, 0) is 48.7 Å². The molecule has 2 aromatic carbocycles. The molecule has 0 atom stereocenters. The first-order chi connectivity index (χ1) is 12.5. The van der Waals surface area contributed by atoms with Gasteiger partial charge in [-0.3, -0.25) is 0 Å². The van der Waals surface area contributed by atoms with Crippen molar-refractivity contribution < 1.29 is 17.9 Å². The van der Waals surface area contributed by atoms with Gasteiger partial charge in [0.05, 0.1) is 17.1 Å². The Labute approximate surface area is 154 Å². The monoisotopic (exact) mass is 371 g/mol. The number of sulfonamides is 1. The van der Waals surface area contributed by atoms with Crippen LogP contribution < -0.4 is 0 Å². The number of esters is 1. The van der Waals surface area contributed by atoms with Gasteiger partial charge < -0.3 is 4.74 Å². The molecule has 0 saturated carbocycles. The highest BCUT2D eigenvalue weighted by Crippen LogP contribution is 2.26. The van der Waals surface area contributed by atoms with Crippen LogP contribution >= 0.6 is 0 Å². The largest absolute Gasteiger partial charge is 0.462 e. The van der Waals surface area contributed by atoms with Crippen molar-refractivity contribution in [3.63, 3.8) is 0 Å². The third-order valence-corrected chi connectivity index (χ3v) is 6.20. The minimum Gasteiger partial charge on any atom is -0.462 e. The van der Waals surface area contributed by atoms with Crippen molar-refractivity contribution in [3.05, 3.63) is 71.8 Å². The normalized spacial score (nSPS) is 15.3. The zero-order chi connectivity index (χ0) is 18.6. The maximum atomic E-state index is 12.8. The van der Waals surface area contributed by atoms with Crippen molar-refractivity contribution in [1.29, 1.82) is 0 Å². The summed E-state index contributed by atoms with van der Waals surface area (Å²) in [4.78, 5) is 11.9. The second kappa shape index (κ2) is 7.85. The van der Waals surface area contributed by atoms with Crippen LogP contribution in [-0.4, -0.2) is 38.4 Å². The summed E-state index contributed by atoms with van der Waals surface area (Å²) >= 11 is 0. The van der Waals surface area contributed by atoms with E-state index in [0.717, 1.165) is 11.1 Å². The molecule has 0 unspecified atom stereocenters. The first-order valence-corrected chi connectivity index (χ1v) is 9.98. The smallest absolute Gasteiger partial charge is 0.338 e. The Morgan fingerprint density at radius 3 is 2.35 bits per heavy atom. The third-order valence-electron chi connectivity index (χ3n) is 4.32. The summed E-state index contributed by atoms with van der Waals surface area (Å²) < 4.78 is 32.0. The maximum Gasteiger partial charge on any atom is 0.338 e. The van der Waals surface area contributed by atoms with Crippen LogP contribution in [0.3, 0.4) is 0 Å². The molecule has 0 N–H and O–H groups in total. The minimum absolute atomic E-state index is 0.183. The van der Waals surface area contributed by atoms with E-state index in [2.05, 4.69) is 0 Å². The molecule has 26 heavy (non-hydrogen) atoms. The molecule has 1 heterocycles. The van der Waals surface area contributed by atoms with Crippen LogP contribution in [-0.2, 0) is 14.8 Å². The van der Waals surface area contributed by atoms with Gasteiger partial charge in [-0.2, -0.15) is 4.31 Å². The van der Waals surface area contributed by atoms with Crippen molar-refractivity contribution >= 4 is 21.6 Å². The molecule has 1 aliphatic rings. The highest BCUT2D eigenvalue weighted by molar-refractivity contribution is 7.89. The molecular weight excluding hydrogens is 350 g/mol. The molecular formula is C20H21NO4S. The third kappa shape index (κ3) is 3.86. The summed E-state index contributed by atoms with van der Waals surface area (Å²) in [6, 6.07) is 15.9. The number of rotatable bonds is 5. The lowest BCUT2D eigenvalue weighted by atomic mass is 10.0. The van der Waals surface area contributed by atoms with Crippen molar-refractivity contribution in [2.24, 2.45) is 0 Å². The van der Waals surface area contributed by atoms with Crippen LogP contribution in [0.25, 0.3) is 5.57 Å². The van der Waals surface area contributed by atoms with Gasteiger partial charge in [0.25, 0.3) is 0 Å². The van der Waals surface area contributed by atoms with Crippen LogP contribution in [0.5, 0.6) is 0 Å². The average Bonchev–Trinajstić information content (AvgIpc) is 2.69.